The van der Waals surface area contributed by atoms with Crippen molar-refractivity contribution in [2.24, 2.45) is 0 Å². The number of hydrogen-bond acceptors (Lipinski definition) is 10. The monoisotopic (exact) mass is 234 g/mol. The van der Waals surface area contributed by atoms with Gasteiger partial charge in [-0.3, -0.25) is 30.3 Å². The van der Waals surface area contributed by atoms with Gasteiger partial charge in [-0.1, -0.05) is 5.10 Å². The minimum absolute atomic E-state index is 0.299. The second-order valence-corrected chi connectivity index (χ2v) is 2.32. The van der Waals surface area contributed by atoms with Gasteiger partial charge in [0.25, 0.3) is 5.95 Å². The zero-order valence-electron chi connectivity index (χ0n) is 7.16. The Morgan fingerprint density at radius 1 is 1.12 bits per heavy atom. The van der Waals surface area contributed by atoms with Crippen molar-refractivity contribution in [2.75, 3.05) is 5.73 Å². The molecule has 1 rings (SSSR count). The highest BCUT2D eigenvalue weighted by molar-refractivity contribution is 5.10. The molecule has 0 spiro atoms. The molecule has 0 amide bonds. The Morgan fingerprint density at radius 3 is 1.81 bits per heavy atom. The Hall–Kier alpha value is -2.93. The van der Waals surface area contributed by atoms with Crippen LogP contribution in [0.4, 0.5) is 5.95 Å². The molecule has 0 aliphatic heterocycles. The van der Waals surface area contributed by atoms with E-state index in [1.807, 2.05) is 0 Å². The predicted molar refractivity (Wildman–Crippen MR) is 41.2 cm³/mol. The van der Waals surface area contributed by atoms with Crippen LogP contribution in [0.1, 0.15) is 0 Å². The molecule has 14 nitrogen and oxygen atoms in total. The van der Waals surface area contributed by atoms with Crippen LogP contribution in [0.3, 0.4) is 0 Å². The Bertz CT molecular complexity index is 427. The number of anilines is 1. The molecule has 0 aromatic carbocycles. The quantitative estimate of drug-likeness (QED) is 0.334. The van der Waals surface area contributed by atoms with Gasteiger partial charge < -0.3 is 5.73 Å². The number of hydrogen-bond donors (Lipinski definition) is 1. The van der Waals surface area contributed by atoms with E-state index in [0.717, 1.165) is 0 Å². The highest BCUT2D eigenvalue weighted by Gasteiger charge is 2.76. The van der Waals surface area contributed by atoms with Gasteiger partial charge in [0.15, 0.2) is 0 Å². The van der Waals surface area contributed by atoms with Crippen molar-refractivity contribution in [3.8, 4) is 0 Å². The highest BCUT2D eigenvalue weighted by atomic mass is 16.7. The fraction of sp³-hybridized carbons (Fsp3) is 0.500. The molecule has 0 atom stereocenters. The summed E-state index contributed by atoms with van der Waals surface area (Å²) in [6, 6.07) is 0. The van der Waals surface area contributed by atoms with Gasteiger partial charge in [0.1, 0.15) is 0 Å². The first-order chi connectivity index (χ1) is 7.35. The molecule has 16 heavy (non-hydrogen) atoms. The second-order valence-electron chi connectivity index (χ2n) is 2.32. The lowest BCUT2D eigenvalue weighted by Crippen LogP contribution is -2.56. The SMILES string of the molecule is Nc1nnnn1C([N+](=O)[O-])([N+](=O)[O-])[N+](=O)[O-]. The largest absolute Gasteiger partial charge is 0.825 e. The van der Waals surface area contributed by atoms with Crippen molar-refractivity contribution in [3.05, 3.63) is 30.3 Å². The first-order valence-corrected chi connectivity index (χ1v) is 3.33. The lowest BCUT2D eigenvalue weighted by Gasteiger charge is -2.06. The number of tetrazole rings is 1. The minimum Gasteiger partial charge on any atom is -0.366 e. The van der Waals surface area contributed by atoms with E-state index in [1.54, 1.807) is 0 Å². The van der Waals surface area contributed by atoms with Crippen LogP contribution in [0.15, 0.2) is 0 Å². The summed E-state index contributed by atoms with van der Waals surface area (Å²) in [4.78, 5) is 26.2. The van der Waals surface area contributed by atoms with Gasteiger partial charge >= 0.3 is 5.91 Å². The molecule has 0 unspecified atom stereocenters. The molecular formula is C2H2N8O6. The average Bonchev–Trinajstić information content (AvgIpc) is 2.51. The maximum absolute atomic E-state index is 10.5. The van der Waals surface area contributed by atoms with Crippen molar-refractivity contribution >= 4 is 5.95 Å². The third kappa shape index (κ3) is 1.16. The number of aromatic nitrogens is 4. The normalized spacial score (nSPS) is 11.0. The Kier molecular flexibility index (Phi) is 2.32. The topological polar surface area (TPSA) is 199 Å². The van der Waals surface area contributed by atoms with Gasteiger partial charge in [0.2, 0.25) is 14.8 Å². The van der Waals surface area contributed by atoms with E-state index in [-0.39, 0.29) is 4.68 Å². The summed E-state index contributed by atoms with van der Waals surface area (Å²) >= 11 is 0. The van der Waals surface area contributed by atoms with E-state index in [0.29, 0.717) is 0 Å². The van der Waals surface area contributed by atoms with Gasteiger partial charge in [-0.05, 0) is 15.1 Å². The molecular weight excluding hydrogens is 232 g/mol. The van der Waals surface area contributed by atoms with Crippen molar-refractivity contribution in [3.63, 3.8) is 0 Å². The van der Waals surface area contributed by atoms with Gasteiger partial charge in [-0.15, -0.1) is 0 Å². The van der Waals surface area contributed by atoms with Crippen molar-refractivity contribution in [1.29, 1.82) is 0 Å². The Balaban J connectivity index is 3.59. The fourth-order valence-electron chi connectivity index (χ4n) is 0.840. The van der Waals surface area contributed by atoms with E-state index in [9.17, 15) is 30.3 Å². The lowest BCUT2D eigenvalue weighted by atomic mass is 10.6. The average molecular weight is 234 g/mol. The summed E-state index contributed by atoms with van der Waals surface area (Å²) in [6.45, 7) is 0. The van der Waals surface area contributed by atoms with Crippen LogP contribution in [0, 0.1) is 30.3 Å². The van der Waals surface area contributed by atoms with Crippen LogP contribution in [-0.2, 0) is 5.91 Å². The van der Waals surface area contributed by atoms with Gasteiger partial charge in [0, 0.05) is 0 Å². The molecule has 0 fully saturated rings. The molecule has 14 heteroatoms. The lowest BCUT2D eigenvalue weighted by molar-refractivity contribution is -1.01. The first-order valence-electron chi connectivity index (χ1n) is 3.33. The summed E-state index contributed by atoms with van der Waals surface area (Å²) in [5.41, 5.74) is 4.95. The molecule has 0 radical (unpaired) electrons. The van der Waals surface area contributed by atoms with Crippen LogP contribution >= 0.6 is 0 Å². The standard InChI is InChI=1S/C2H2N8O6/c3-1-4-5-6-7(1)2(8(11)12,9(13)14)10(15)16/h(H2,3,4,6). The maximum atomic E-state index is 10.5. The van der Waals surface area contributed by atoms with E-state index in [2.05, 4.69) is 15.5 Å². The summed E-state index contributed by atoms with van der Waals surface area (Å²) in [6.07, 6.45) is 0. The molecule has 86 valence electrons. The molecule has 1 aromatic rings. The first kappa shape index (κ1) is 11.1. The van der Waals surface area contributed by atoms with Gasteiger partial charge in [-0.25, -0.2) is 0 Å². The van der Waals surface area contributed by atoms with E-state index in [1.165, 1.54) is 0 Å². The number of nitrogen functional groups attached to an aromatic ring is 1. The Labute approximate surface area is 84.1 Å². The summed E-state index contributed by atoms with van der Waals surface area (Å²) in [7, 11) is 0. The third-order valence-corrected chi connectivity index (χ3v) is 1.51. The third-order valence-electron chi connectivity index (χ3n) is 1.51. The summed E-state index contributed by atoms with van der Waals surface area (Å²) in [5, 5.41) is 39.9. The molecule has 1 heterocycles. The van der Waals surface area contributed by atoms with Crippen LogP contribution in [0.5, 0.6) is 0 Å². The molecule has 0 aliphatic rings. The second kappa shape index (κ2) is 3.33. The molecule has 1 aromatic heterocycles. The van der Waals surface area contributed by atoms with Crippen molar-refractivity contribution in [1.82, 2.24) is 20.2 Å². The number of nitro groups is 3. The van der Waals surface area contributed by atoms with Crippen LogP contribution in [0.2, 0.25) is 0 Å². The zero-order valence-corrected chi connectivity index (χ0v) is 7.16. The van der Waals surface area contributed by atoms with E-state index in [4.69, 9.17) is 5.73 Å². The molecule has 2 N–H and O–H groups in total. The molecule has 0 saturated heterocycles. The summed E-state index contributed by atoms with van der Waals surface area (Å²) in [5.74, 6) is -4.89. The van der Waals surface area contributed by atoms with E-state index < -0.39 is 26.6 Å². The maximum Gasteiger partial charge on any atom is 0.825 e. The van der Waals surface area contributed by atoms with Crippen LogP contribution in [-0.4, -0.2) is 35.0 Å². The smallest absolute Gasteiger partial charge is 0.366 e. The van der Waals surface area contributed by atoms with Gasteiger partial charge in [0.05, 0.1) is 0 Å². The van der Waals surface area contributed by atoms with Crippen LogP contribution < -0.4 is 5.73 Å². The highest BCUT2D eigenvalue weighted by Crippen LogP contribution is 2.19. The summed E-state index contributed by atoms with van der Waals surface area (Å²) < 4.78 is -0.299. The van der Waals surface area contributed by atoms with Gasteiger partial charge in [-0.2, -0.15) is 0 Å². The number of nitrogens with two attached hydrogens (primary N) is 1. The van der Waals surface area contributed by atoms with Crippen molar-refractivity contribution in [2.45, 2.75) is 5.91 Å². The van der Waals surface area contributed by atoms with E-state index >= 15 is 0 Å². The molecule has 0 bridgehead atoms. The Morgan fingerprint density at radius 2 is 1.56 bits per heavy atom. The fourth-order valence-corrected chi connectivity index (χ4v) is 0.840. The molecule has 0 aliphatic carbocycles. The minimum atomic E-state index is -3.96. The van der Waals surface area contributed by atoms with Crippen molar-refractivity contribution < 1.29 is 14.8 Å². The number of rotatable bonds is 4. The zero-order chi connectivity index (χ0) is 12.5. The predicted octanol–water partition coefficient (Wildman–Crippen LogP) is -2.35. The van der Waals surface area contributed by atoms with Crippen LogP contribution in [0.25, 0.3) is 0 Å². The molecule has 0 saturated carbocycles. The number of nitrogens with zero attached hydrogens (tertiary/aromatic N) is 7.